The first-order valence-electron chi connectivity index (χ1n) is 13.1. The van der Waals surface area contributed by atoms with E-state index in [1.165, 1.54) is 37.4 Å². The number of imide groups is 1. The molecule has 0 radical (unpaired) electrons. The van der Waals surface area contributed by atoms with Crippen LogP contribution in [0.25, 0.3) is 0 Å². The minimum absolute atomic E-state index is 0.000785. The summed E-state index contributed by atoms with van der Waals surface area (Å²) in [6.07, 6.45) is 2.70. The van der Waals surface area contributed by atoms with Gasteiger partial charge in [-0.3, -0.25) is 19.3 Å². The second kappa shape index (κ2) is 12.6. The number of methoxy groups -OCH3 is 1. The van der Waals surface area contributed by atoms with Crippen LogP contribution in [0.5, 0.6) is 17.2 Å². The van der Waals surface area contributed by atoms with Crippen molar-refractivity contribution in [3.63, 3.8) is 0 Å². The van der Waals surface area contributed by atoms with Crippen LogP contribution in [-0.2, 0) is 16.0 Å². The molecule has 2 amide bonds. The number of carbonyl (C=O) groups is 3. The van der Waals surface area contributed by atoms with E-state index >= 15 is 0 Å². The summed E-state index contributed by atoms with van der Waals surface area (Å²) < 4.78 is 47.9. The predicted octanol–water partition coefficient (Wildman–Crippen LogP) is 5.15. The number of carbonyl (C=O) groups excluding carboxylic acids is 3. The molecule has 1 aromatic heterocycles. The Bertz CT molecular complexity index is 1560. The van der Waals surface area contributed by atoms with Crippen molar-refractivity contribution in [2.24, 2.45) is 5.92 Å². The molecule has 1 aliphatic carbocycles. The first-order valence-corrected chi connectivity index (χ1v) is 13.8. The maximum absolute atomic E-state index is 13.2. The minimum atomic E-state index is -3.11. The molecule has 14 heteroatoms. The number of esters is 1. The number of nitrogens with zero attached hydrogens (tertiary/aromatic N) is 2. The quantitative estimate of drug-likeness (QED) is 0.116. The van der Waals surface area contributed by atoms with Gasteiger partial charge in [-0.1, -0.05) is 35.3 Å². The fraction of sp³-hybridized carbons (Fsp3) is 0.310. The van der Waals surface area contributed by atoms with Gasteiger partial charge in [0.2, 0.25) is 0 Å². The highest BCUT2D eigenvalue weighted by atomic mass is 35.5. The average Bonchev–Trinajstić information content (AvgIpc) is 3.76. The summed E-state index contributed by atoms with van der Waals surface area (Å²) in [5.74, 6) is -2.15. The third kappa shape index (κ3) is 6.75. The standard InChI is InChI=1S/C29H24Cl2F2N2O8/c1-40-22-4-2-3-17-26(22)28(38)35(27(17)37)13-25(36)42-23(10-18-19(30)11-34(39)12-20(18)31)16-7-8-21(43-29(32)33)24(9-16)41-14-15-5-6-15/h2-4,7-9,11-12,15,23,29H,5-6,10,13-14H2,1H3. The van der Waals surface area contributed by atoms with Gasteiger partial charge < -0.3 is 24.2 Å². The van der Waals surface area contributed by atoms with Crippen molar-refractivity contribution < 1.29 is 46.8 Å². The van der Waals surface area contributed by atoms with E-state index in [0.717, 1.165) is 30.1 Å². The lowest BCUT2D eigenvalue weighted by atomic mass is 10.0. The molecule has 1 saturated carbocycles. The van der Waals surface area contributed by atoms with E-state index in [1.807, 2.05) is 0 Å². The van der Waals surface area contributed by atoms with E-state index < -0.39 is 37.0 Å². The van der Waals surface area contributed by atoms with Crippen molar-refractivity contribution in [1.29, 1.82) is 0 Å². The number of pyridine rings is 1. The van der Waals surface area contributed by atoms with Crippen LogP contribution < -0.4 is 18.9 Å². The summed E-state index contributed by atoms with van der Waals surface area (Å²) in [6.45, 7) is -3.57. The molecule has 2 heterocycles. The van der Waals surface area contributed by atoms with E-state index in [4.69, 9.17) is 37.4 Å². The van der Waals surface area contributed by atoms with Crippen molar-refractivity contribution in [2.45, 2.75) is 32.0 Å². The second-order valence-corrected chi connectivity index (χ2v) is 10.7. The van der Waals surface area contributed by atoms with Crippen molar-refractivity contribution in [2.75, 3.05) is 20.3 Å². The largest absolute Gasteiger partial charge is 0.619 e. The SMILES string of the molecule is COc1cccc2c1C(=O)N(CC(=O)OC(Cc1c(Cl)c[n+]([O-])cc1Cl)c1ccc(OC(F)F)c(OCC3CC3)c1)C2=O. The van der Waals surface area contributed by atoms with E-state index in [-0.39, 0.29) is 68.5 Å². The fourth-order valence-electron chi connectivity index (χ4n) is 4.60. The normalized spacial score (nSPS) is 15.0. The van der Waals surface area contributed by atoms with Crippen molar-refractivity contribution in [3.8, 4) is 17.2 Å². The highest BCUT2D eigenvalue weighted by Gasteiger charge is 2.40. The monoisotopic (exact) mass is 636 g/mol. The molecule has 0 N–H and O–H groups in total. The first-order chi connectivity index (χ1) is 20.5. The Balaban J connectivity index is 1.44. The third-order valence-electron chi connectivity index (χ3n) is 6.92. The summed E-state index contributed by atoms with van der Waals surface area (Å²) in [5, 5.41) is 11.8. The van der Waals surface area contributed by atoms with Gasteiger partial charge in [0.05, 0.1) is 24.8 Å². The van der Waals surface area contributed by atoms with E-state index in [1.54, 1.807) is 6.07 Å². The number of halogens is 4. The van der Waals surface area contributed by atoms with Gasteiger partial charge in [-0.25, -0.2) is 0 Å². The summed E-state index contributed by atoms with van der Waals surface area (Å²) in [4.78, 5) is 40.0. The predicted molar refractivity (Wildman–Crippen MR) is 148 cm³/mol. The van der Waals surface area contributed by atoms with Gasteiger partial charge in [0.15, 0.2) is 23.9 Å². The van der Waals surface area contributed by atoms with Gasteiger partial charge in [-0.15, -0.1) is 0 Å². The number of rotatable bonds is 12. The number of fused-ring (bicyclic) bond motifs is 1. The van der Waals surface area contributed by atoms with Crippen molar-refractivity contribution in [1.82, 2.24) is 4.90 Å². The van der Waals surface area contributed by atoms with Crippen LogP contribution in [-0.4, -0.2) is 49.6 Å². The Morgan fingerprint density at radius 1 is 1.07 bits per heavy atom. The molecule has 2 aliphatic rings. The van der Waals surface area contributed by atoms with Crippen LogP contribution in [0.3, 0.4) is 0 Å². The molecule has 0 spiro atoms. The van der Waals surface area contributed by atoms with E-state index in [0.29, 0.717) is 4.73 Å². The third-order valence-corrected chi connectivity index (χ3v) is 7.57. The van der Waals surface area contributed by atoms with Gasteiger partial charge in [0.25, 0.3) is 11.8 Å². The zero-order chi connectivity index (χ0) is 30.8. The molecule has 3 aromatic rings. The smallest absolute Gasteiger partial charge is 0.387 e. The lowest BCUT2D eigenvalue weighted by Crippen LogP contribution is -2.36. The molecule has 43 heavy (non-hydrogen) atoms. The summed E-state index contributed by atoms with van der Waals surface area (Å²) in [5.41, 5.74) is 0.651. The number of benzene rings is 2. The lowest BCUT2D eigenvalue weighted by Gasteiger charge is -2.22. The molecule has 2 aromatic carbocycles. The Kier molecular flexibility index (Phi) is 8.88. The van der Waals surface area contributed by atoms with E-state index in [9.17, 15) is 28.4 Å². The summed E-state index contributed by atoms with van der Waals surface area (Å²) in [6, 6.07) is 8.55. The maximum atomic E-state index is 13.2. The average molecular weight is 637 g/mol. The summed E-state index contributed by atoms with van der Waals surface area (Å²) >= 11 is 12.6. The molecule has 1 aliphatic heterocycles. The van der Waals surface area contributed by atoms with Gasteiger partial charge in [-0.2, -0.15) is 13.5 Å². The molecule has 1 fully saturated rings. The Hall–Kier alpha value is -4.16. The number of alkyl halides is 2. The molecule has 10 nitrogen and oxygen atoms in total. The van der Waals surface area contributed by atoms with Crippen LogP contribution in [0.2, 0.25) is 10.0 Å². The molecular weight excluding hydrogens is 613 g/mol. The topological polar surface area (TPSA) is 118 Å². The number of ether oxygens (including phenoxy) is 4. The number of hydrogen-bond donors (Lipinski definition) is 0. The van der Waals surface area contributed by atoms with Crippen LogP contribution in [0, 0.1) is 11.1 Å². The second-order valence-electron chi connectivity index (χ2n) is 9.89. The molecule has 1 atom stereocenters. The fourth-order valence-corrected chi connectivity index (χ4v) is 5.20. The van der Waals surface area contributed by atoms with Gasteiger partial charge in [0.1, 0.15) is 28.4 Å². The Labute approximate surface area is 254 Å². The van der Waals surface area contributed by atoms with Crippen molar-refractivity contribution >= 4 is 41.0 Å². The molecule has 226 valence electrons. The highest BCUT2D eigenvalue weighted by molar-refractivity contribution is 6.35. The zero-order valence-electron chi connectivity index (χ0n) is 22.6. The van der Waals surface area contributed by atoms with Gasteiger partial charge >= 0.3 is 12.6 Å². The highest BCUT2D eigenvalue weighted by Crippen LogP contribution is 2.38. The zero-order valence-corrected chi connectivity index (χ0v) is 24.1. The van der Waals surface area contributed by atoms with Crippen molar-refractivity contribution in [3.05, 3.63) is 86.3 Å². The molecule has 1 unspecified atom stereocenters. The maximum Gasteiger partial charge on any atom is 0.387 e. The van der Waals surface area contributed by atoms with Crippen LogP contribution in [0.1, 0.15) is 50.8 Å². The molecule has 0 bridgehead atoms. The Morgan fingerprint density at radius 2 is 1.79 bits per heavy atom. The van der Waals surface area contributed by atoms with Crippen LogP contribution >= 0.6 is 23.2 Å². The first kappa shape index (κ1) is 30.3. The minimum Gasteiger partial charge on any atom is -0.619 e. The van der Waals surface area contributed by atoms with E-state index in [2.05, 4.69) is 4.74 Å². The van der Waals surface area contributed by atoms with Gasteiger partial charge in [-0.05, 0) is 48.6 Å². The molecule has 5 rings (SSSR count). The molecule has 0 saturated heterocycles. The molecular formula is C29H24Cl2F2N2O8. The lowest BCUT2D eigenvalue weighted by molar-refractivity contribution is -0.605. The number of aromatic nitrogens is 1. The summed E-state index contributed by atoms with van der Waals surface area (Å²) in [7, 11) is 1.35. The number of hydrogen-bond acceptors (Lipinski definition) is 8. The van der Waals surface area contributed by atoms with Crippen LogP contribution in [0.15, 0.2) is 48.8 Å². The van der Waals surface area contributed by atoms with Gasteiger partial charge in [0, 0.05) is 12.0 Å². The number of amides is 2. The van der Waals surface area contributed by atoms with Crippen LogP contribution in [0.4, 0.5) is 8.78 Å². The Morgan fingerprint density at radius 3 is 2.44 bits per heavy atom.